The lowest BCUT2D eigenvalue weighted by Crippen LogP contribution is -2.44. The molecular weight excluding hydrogens is 322 g/mol. The van der Waals surface area contributed by atoms with E-state index in [4.69, 9.17) is 18.9 Å². The van der Waals surface area contributed by atoms with Crippen molar-refractivity contribution < 1.29 is 23.7 Å². The first-order valence-electron chi connectivity index (χ1n) is 8.29. The molecule has 6 heteroatoms. The van der Waals surface area contributed by atoms with Gasteiger partial charge in [-0.05, 0) is 36.8 Å². The minimum absolute atomic E-state index is 0.191. The molecule has 2 heterocycles. The van der Waals surface area contributed by atoms with E-state index in [1.54, 1.807) is 6.07 Å². The van der Waals surface area contributed by atoms with Gasteiger partial charge in [0, 0.05) is 0 Å². The largest absolute Gasteiger partial charge is 0.486 e. The first kappa shape index (κ1) is 15.6. The maximum Gasteiger partial charge on any atom is 0.265 e. The van der Waals surface area contributed by atoms with Crippen LogP contribution in [-0.4, -0.2) is 31.8 Å². The van der Waals surface area contributed by atoms with Crippen LogP contribution in [0.15, 0.2) is 42.5 Å². The van der Waals surface area contributed by atoms with Crippen molar-refractivity contribution in [2.45, 2.75) is 19.1 Å². The van der Waals surface area contributed by atoms with Gasteiger partial charge < -0.3 is 24.3 Å². The zero-order valence-corrected chi connectivity index (χ0v) is 13.9. The highest BCUT2D eigenvalue weighted by Crippen LogP contribution is 2.33. The molecule has 1 N–H and O–H groups in total. The Morgan fingerprint density at radius 1 is 1.00 bits per heavy atom. The normalized spacial score (nSPS) is 19.0. The maximum absolute atomic E-state index is 12.5. The molecule has 2 aromatic carbocycles. The Hall–Kier alpha value is -2.89. The molecule has 0 fully saturated rings. The number of para-hydroxylation sites is 2. The smallest absolute Gasteiger partial charge is 0.265 e. The van der Waals surface area contributed by atoms with E-state index in [1.165, 1.54) is 0 Å². The summed E-state index contributed by atoms with van der Waals surface area (Å²) in [7, 11) is 0. The summed E-state index contributed by atoms with van der Waals surface area (Å²) in [5, 5.41) is 2.96. The van der Waals surface area contributed by atoms with Crippen molar-refractivity contribution in [2.24, 2.45) is 0 Å². The number of amides is 1. The Morgan fingerprint density at radius 2 is 1.72 bits per heavy atom. The molecule has 6 nitrogen and oxygen atoms in total. The van der Waals surface area contributed by atoms with Crippen molar-refractivity contribution in [3.63, 3.8) is 0 Å². The van der Waals surface area contributed by atoms with Gasteiger partial charge in [-0.1, -0.05) is 18.2 Å². The van der Waals surface area contributed by atoms with Gasteiger partial charge in [-0.3, -0.25) is 4.79 Å². The van der Waals surface area contributed by atoms with Crippen LogP contribution in [0, 0.1) is 0 Å². The highest BCUT2D eigenvalue weighted by Gasteiger charge is 2.28. The molecular formula is C19H19NO5. The summed E-state index contributed by atoms with van der Waals surface area (Å²) < 4.78 is 22.4. The summed E-state index contributed by atoms with van der Waals surface area (Å²) in [5.41, 5.74) is 0.940. The molecule has 0 aromatic heterocycles. The Kier molecular flexibility index (Phi) is 4.09. The highest BCUT2D eigenvalue weighted by atomic mass is 16.6. The fourth-order valence-electron chi connectivity index (χ4n) is 2.87. The van der Waals surface area contributed by atoms with Crippen LogP contribution in [0.3, 0.4) is 0 Å². The number of ether oxygens (including phenoxy) is 4. The van der Waals surface area contributed by atoms with Gasteiger partial charge >= 0.3 is 0 Å². The molecule has 2 aliphatic rings. The van der Waals surface area contributed by atoms with E-state index in [2.05, 4.69) is 5.32 Å². The standard InChI is InChI=1S/C19H19NO5/c1-12(13-6-7-15-17(10-13)23-9-8-22-15)20-19(21)18-11-24-14-4-2-3-5-16(14)25-18/h2-7,10,12,18H,8-9,11H2,1H3,(H,20,21)/t12-,18-/m0/s1. The topological polar surface area (TPSA) is 66.0 Å². The number of hydrogen-bond donors (Lipinski definition) is 1. The summed E-state index contributed by atoms with van der Waals surface area (Å²) >= 11 is 0. The number of benzene rings is 2. The molecule has 2 atom stereocenters. The molecule has 130 valence electrons. The van der Waals surface area contributed by atoms with Crippen molar-refractivity contribution in [1.29, 1.82) is 0 Å². The van der Waals surface area contributed by atoms with Gasteiger partial charge in [0.1, 0.15) is 19.8 Å². The monoisotopic (exact) mass is 341 g/mol. The van der Waals surface area contributed by atoms with Crippen LogP contribution in [0.5, 0.6) is 23.0 Å². The summed E-state index contributed by atoms with van der Waals surface area (Å²) in [6.07, 6.45) is -0.672. The molecule has 0 radical (unpaired) electrons. The van der Waals surface area contributed by atoms with E-state index < -0.39 is 6.10 Å². The van der Waals surface area contributed by atoms with E-state index in [1.807, 2.05) is 43.3 Å². The summed E-state index contributed by atoms with van der Waals surface area (Å²) in [5.74, 6) is 2.47. The predicted octanol–water partition coefficient (Wildman–Crippen LogP) is 2.47. The first-order chi connectivity index (χ1) is 12.2. The van der Waals surface area contributed by atoms with Gasteiger partial charge in [-0.25, -0.2) is 0 Å². The second-order valence-corrected chi connectivity index (χ2v) is 6.00. The van der Waals surface area contributed by atoms with Crippen LogP contribution in [0.1, 0.15) is 18.5 Å². The predicted molar refractivity (Wildman–Crippen MR) is 90.3 cm³/mol. The summed E-state index contributed by atoms with van der Waals surface area (Å²) in [6, 6.07) is 12.8. The van der Waals surface area contributed by atoms with Crippen molar-refractivity contribution in [3.05, 3.63) is 48.0 Å². The van der Waals surface area contributed by atoms with Crippen LogP contribution in [0.25, 0.3) is 0 Å². The third-order valence-electron chi connectivity index (χ3n) is 4.23. The van der Waals surface area contributed by atoms with Crippen molar-refractivity contribution >= 4 is 5.91 Å². The van der Waals surface area contributed by atoms with Gasteiger partial charge in [-0.2, -0.15) is 0 Å². The van der Waals surface area contributed by atoms with Crippen molar-refractivity contribution in [1.82, 2.24) is 5.32 Å². The van der Waals surface area contributed by atoms with Gasteiger partial charge in [0.25, 0.3) is 5.91 Å². The van der Waals surface area contributed by atoms with E-state index in [0.29, 0.717) is 30.5 Å². The molecule has 25 heavy (non-hydrogen) atoms. The maximum atomic E-state index is 12.5. The lowest BCUT2D eigenvalue weighted by molar-refractivity contribution is -0.131. The molecule has 1 amide bonds. The molecule has 2 aliphatic heterocycles. The zero-order valence-electron chi connectivity index (χ0n) is 13.9. The fourth-order valence-corrected chi connectivity index (χ4v) is 2.87. The third-order valence-corrected chi connectivity index (χ3v) is 4.23. The number of fused-ring (bicyclic) bond motifs is 2. The van der Waals surface area contributed by atoms with Gasteiger partial charge in [0.2, 0.25) is 6.10 Å². The van der Waals surface area contributed by atoms with E-state index >= 15 is 0 Å². The lowest BCUT2D eigenvalue weighted by atomic mass is 10.1. The van der Waals surface area contributed by atoms with Crippen molar-refractivity contribution in [3.8, 4) is 23.0 Å². The quantitative estimate of drug-likeness (QED) is 0.929. The van der Waals surface area contributed by atoms with E-state index in [-0.39, 0.29) is 18.6 Å². The second-order valence-electron chi connectivity index (χ2n) is 6.00. The number of nitrogens with one attached hydrogen (secondary N) is 1. The zero-order chi connectivity index (χ0) is 17.2. The van der Waals surface area contributed by atoms with Crippen LogP contribution in [0.4, 0.5) is 0 Å². The molecule has 0 bridgehead atoms. The van der Waals surface area contributed by atoms with E-state index in [9.17, 15) is 4.79 Å². The molecule has 0 aliphatic carbocycles. The van der Waals surface area contributed by atoms with Gasteiger partial charge in [-0.15, -0.1) is 0 Å². The average Bonchev–Trinajstić information content (AvgIpc) is 2.67. The van der Waals surface area contributed by atoms with Gasteiger partial charge in [0.05, 0.1) is 6.04 Å². The number of carbonyl (C=O) groups is 1. The molecule has 0 unspecified atom stereocenters. The molecule has 0 saturated heterocycles. The average molecular weight is 341 g/mol. The number of rotatable bonds is 3. The number of hydrogen-bond acceptors (Lipinski definition) is 5. The highest BCUT2D eigenvalue weighted by molar-refractivity contribution is 5.82. The minimum Gasteiger partial charge on any atom is -0.486 e. The fraction of sp³-hybridized carbons (Fsp3) is 0.316. The summed E-state index contributed by atoms with van der Waals surface area (Å²) in [6.45, 7) is 3.20. The Balaban J connectivity index is 1.42. The first-order valence-corrected chi connectivity index (χ1v) is 8.29. The Labute approximate surface area is 145 Å². The summed E-state index contributed by atoms with van der Waals surface area (Å²) in [4.78, 5) is 12.5. The second kappa shape index (κ2) is 6.55. The van der Waals surface area contributed by atoms with Crippen LogP contribution >= 0.6 is 0 Å². The van der Waals surface area contributed by atoms with Crippen LogP contribution in [0.2, 0.25) is 0 Å². The SMILES string of the molecule is C[C@H](NC(=O)[C@@H]1COc2ccccc2O1)c1ccc2c(c1)OCCO2. The van der Waals surface area contributed by atoms with E-state index in [0.717, 1.165) is 11.3 Å². The molecule has 0 spiro atoms. The molecule has 0 saturated carbocycles. The van der Waals surface area contributed by atoms with Gasteiger partial charge in [0.15, 0.2) is 23.0 Å². The van der Waals surface area contributed by atoms with Crippen LogP contribution in [-0.2, 0) is 4.79 Å². The Morgan fingerprint density at radius 3 is 2.56 bits per heavy atom. The Bertz CT molecular complexity index is 791. The van der Waals surface area contributed by atoms with Crippen LogP contribution < -0.4 is 24.3 Å². The minimum atomic E-state index is -0.672. The lowest BCUT2D eigenvalue weighted by Gasteiger charge is -2.27. The van der Waals surface area contributed by atoms with Crippen molar-refractivity contribution in [2.75, 3.05) is 19.8 Å². The number of carbonyl (C=O) groups excluding carboxylic acids is 1. The third kappa shape index (κ3) is 3.20. The molecule has 4 rings (SSSR count). The molecule has 2 aromatic rings.